The van der Waals surface area contributed by atoms with Crippen molar-refractivity contribution in [2.24, 2.45) is 5.73 Å². The highest BCUT2D eigenvalue weighted by molar-refractivity contribution is 5.47. The van der Waals surface area contributed by atoms with E-state index >= 15 is 0 Å². The highest BCUT2D eigenvalue weighted by atomic mass is 16.5. The Balaban J connectivity index is 2.71. The number of hydrogen-bond acceptors (Lipinski definition) is 4. The Labute approximate surface area is 121 Å². The third kappa shape index (κ3) is 5.10. The molecule has 1 aromatic rings. The van der Waals surface area contributed by atoms with E-state index in [-0.39, 0.29) is 6.04 Å². The number of para-hydroxylation sites is 1. The summed E-state index contributed by atoms with van der Waals surface area (Å²) in [5, 5.41) is 8.51. The Morgan fingerprint density at radius 3 is 2.80 bits per heavy atom. The zero-order chi connectivity index (χ0) is 14.8. The molecular formula is C16H24N2O2. The van der Waals surface area contributed by atoms with E-state index in [4.69, 9.17) is 20.5 Å². The number of ether oxygens (including phenoxy) is 2. The lowest BCUT2D eigenvalue weighted by Gasteiger charge is -2.17. The molecule has 1 rings (SSSR count). The van der Waals surface area contributed by atoms with Gasteiger partial charge >= 0.3 is 0 Å². The van der Waals surface area contributed by atoms with Crippen LogP contribution in [-0.4, -0.2) is 19.8 Å². The van der Waals surface area contributed by atoms with Gasteiger partial charge in [0.15, 0.2) is 11.5 Å². The van der Waals surface area contributed by atoms with E-state index in [2.05, 4.69) is 13.0 Å². The Kier molecular flexibility index (Phi) is 7.52. The first-order chi connectivity index (χ1) is 9.72. The molecule has 0 radical (unpaired) electrons. The van der Waals surface area contributed by atoms with Gasteiger partial charge in [-0.15, -0.1) is 0 Å². The zero-order valence-corrected chi connectivity index (χ0v) is 12.4. The lowest BCUT2D eigenvalue weighted by Crippen LogP contribution is -2.21. The molecular weight excluding hydrogens is 252 g/mol. The first kappa shape index (κ1) is 16.3. The smallest absolute Gasteiger partial charge is 0.164 e. The number of hydrogen-bond donors (Lipinski definition) is 1. The van der Waals surface area contributed by atoms with Gasteiger partial charge in [-0.1, -0.05) is 19.1 Å². The number of rotatable bonds is 9. The molecule has 0 heterocycles. The average molecular weight is 276 g/mol. The summed E-state index contributed by atoms with van der Waals surface area (Å²) < 4.78 is 11.2. The second-order valence-corrected chi connectivity index (χ2v) is 4.78. The number of nitriles is 1. The molecule has 0 aliphatic rings. The maximum absolute atomic E-state index is 8.51. The zero-order valence-electron chi connectivity index (χ0n) is 12.4. The maximum Gasteiger partial charge on any atom is 0.164 e. The van der Waals surface area contributed by atoms with E-state index in [0.29, 0.717) is 13.0 Å². The van der Waals surface area contributed by atoms with E-state index in [0.717, 1.165) is 42.7 Å². The topological polar surface area (TPSA) is 68.3 Å². The van der Waals surface area contributed by atoms with Crippen LogP contribution >= 0.6 is 0 Å². The standard InChI is InChI=1S/C16H24N2O2/c1-3-14(18)12-13-8-7-9-15(19-2)16(13)20-11-6-4-5-10-17/h7-9,14H,3-6,11-12,18H2,1-2H3. The Hall–Kier alpha value is -1.73. The van der Waals surface area contributed by atoms with Crippen molar-refractivity contribution < 1.29 is 9.47 Å². The second kappa shape index (κ2) is 9.22. The van der Waals surface area contributed by atoms with Crippen molar-refractivity contribution in [1.82, 2.24) is 0 Å². The van der Waals surface area contributed by atoms with Crippen molar-refractivity contribution in [3.8, 4) is 17.6 Å². The van der Waals surface area contributed by atoms with Crippen LogP contribution in [0, 0.1) is 11.3 Å². The van der Waals surface area contributed by atoms with Crippen LogP contribution in [-0.2, 0) is 6.42 Å². The van der Waals surface area contributed by atoms with Gasteiger partial charge in [0.1, 0.15) is 0 Å². The summed E-state index contributed by atoms with van der Waals surface area (Å²) in [6.07, 6.45) is 4.00. The molecule has 110 valence electrons. The van der Waals surface area contributed by atoms with E-state index in [1.165, 1.54) is 0 Å². The molecule has 1 atom stereocenters. The van der Waals surface area contributed by atoms with E-state index in [1.54, 1.807) is 7.11 Å². The van der Waals surface area contributed by atoms with Gasteiger partial charge in [0.2, 0.25) is 0 Å². The first-order valence-corrected chi connectivity index (χ1v) is 7.14. The van der Waals surface area contributed by atoms with Crippen molar-refractivity contribution in [1.29, 1.82) is 5.26 Å². The van der Waals surface area contributed by atoms with Crippen LogP contribution in [0.1, 0.15) is 38.2 Å². The SMILES string of the molecule is CCC(N)Cc1cccc(OC)c1OCCCCC#N. The molecule has 4 heteroatoms. The molecule has 0 aliphatic heterocycles. The van der Waals surface area contributed by atoms with Gasteiger partial charge in [-0.2, -0.15) is 5.26 Å². The summed E-state index contributed by atoms with van der Waals surface area (Å²) in [6, 6.07) is 8.15. The third-order valence-electron chi connectivity index (χ3n) is 3.22. The molecule has 0 aliphatic carbocycles. The monoisotopic (exact) mass is 276 g/mol. The minimum atomic E-state index is 0.128. The molecule has 0 bridgehead atoms. The van der Waals surface area contributed by atoms with E-state index in [9.17, 15) is 0 Å². The highest BCUT2D eigenvalue weighted by Crippen LogP contribution is 2.32. The summed E-state index contributed by atoms with van der Waals surface area (Å²) in [7, 11) is 1.64. The van der Waals surface area contributed by atoms with E-state index < -0.39 is 0 Å². The first-order valence-electron chi connectivity index (χ1n) is 7.14. The molecule has 0 fully saturated rings. The van der Waals surface area contributed by atoms with Crippen LogP contribution in [0.4, 0.5) is 0 Å². The summed E-state index contributed by atoms with van der Waals surface area (Å²) in [6.45, 7) is 2.67. The third-order valence-corrected chi connectivity index (χ3v) is 3.22. The second-order valence-electron chi connectivity index (χ2n) is 4.78. The molecule has 0 spiro atoms. The fourth-order valence-corrected chi connectivity index (χ4v) is 1.95. The molecule has 4 nitrogen and oxygen atoms in total. The number of methoxy groups -OCH3 is 1. The molecule has 0 saturated heterocycles. The average Bonchev–Trinajstić information content (AvgIpc) is 2.47. The van der Waals surface area contributed by atoms with E-state index in [1.807, 2.05) is 18.2 Å². The molecule has 0 aromatic heterocycles. The number of benzene rings is 1. The molecule has 20 heavy (non-hydrogen) atoms. The van der Waals surface area contributed by atoms with Crippen LogP contribution in [0.2, 0.25) is 0 Å². The number of nitrogens with two attached hydrogens (primary N) is 1. The summed E-state index contributed by atoms with van der Waals surface area (Å²) in [5.74, 6) is 1.53. The van der Waals surface area contributed by atoms with Gasteiger partial charge in [0.25, 0.3) is 0 Å². The Bertz CT molecular complexity index is 441. The molecule has 1 aromatic carbocycles. The van der Waals surface area contributed by atoms with Crippen molar-refractivity contribution in [2.45, 2.75) is 45.1 Å². The Morgan fingerprint density at radius 2 is 2.15 bits per heavy atom. The fourth-order valence-electron chi connectivity index (χ4n) is 1.95. The molecule has 1 unspecified atom stereocenters. The quantitative estimate of drug-likeness (QED) is 0.704. The van der Waals surface area contributed by atoms with Crippen molar-refractivity contribution >= 4 is 0 Å². The van der Waals surface area contributed by atoms with Gasteiger partial charge in [-0.25, -0.2) is 0 Å². The number of unbranched alkanes of at least 4 members (excludes halogenated alkanes) is 2. The number of nitrogens with zero attached hydrogens (tertiary/aromatic N) is 1. The van der Waals surface area contributed by atoms with Gasteiger partial charge in [0.05, 0.1) is 19.8 Å². The summed E-state index contributed by atoms with van der Waals surface area (Å²) >= 11 is 0. The van der Waals surface area contributed by atoms with Crippen molar-refractivity contribution in [3.63, 3.8) is 0 Å². The van der Waals surface area contributed by atoms with Gasteiger partial charge in [-0.3, -0.25) is 0 Å². The van der Waals surface area contributed by atoms with Crippen LogP contribution in [0.3, 0.4) is 0 Å². The van der Waals surface area contributed by atoms with Crippen LogP contribution in [0.25, 0.3) is 0 Å². The predicted octanol–water partition coefficient (Wildman–Crippen LogP) is 3.05. The minimum Gasteiger partial charge on any atom is -0.493 e. The predicted molar refractivity (Wildman–Crippen MR) is 79.9 cm³/mol. The fraction of sp³-hybridized carbons (Fsp3) is 0.562. The van der Waals surface area contributed by atoms with Gasteiger partial charge in [0, 0.05) is 12.5 Å². The minimum absolute atomic E-state index is 0.128. The lowest BCUT2D eigenvalue weighted by molar-refractivity contribution is 0.283. The van der Waals surface area contributed by atoms with Crippen LogP contribution in [0.15, 0.2) is 18.2 Å². The molecule has 2 N–H and O–H groups in total. The normalized spacial score (nSPS) is 11.7. The Morgan fingerprint density at radius 1 is 1.35 bits per heavy atom. The van der Waals surface area contributed by atoms with Crippen LogP contribution < -0.4 is 15.2 Å². The maximum atomic E-state index is 8.51. The van der Waals surface area contributed by atoms with Gasteiger partial charge < -0.3 is 15.2 Å². The molecule has 0 amide bonds. The van der Waals surface area contributed by atoms with Gasteiger partial charge in [-0.05, 0) is 37.3 Å². The van der Waals surface area contributed by atoms with Crippen LogP contribution in [0.5, 0.6) is 11.5 Å². The lowest BCUT2D eigenvalue weighted by atomic mass is 10.0. The summed E-state index contributed by atoms with van der Waals surface area (Å²) in [5.41, 5.74) is 7.11. The highest BCUT2D eigenvalue weighted by Gasteiger charge is 2.12. The molecule has 0 saturated carbocycles. The van der Waals surface area contributed by atoms with Crippen molar-refractivity contribution in [2.75, 3.05) is 13.7 Å². The largest absolute Gasteiger partial charge is 0.493 e. The van der Waals surface area contributed by atoms with Crippen molar-refractivity contribution in [3.05, 3.63) is 23.8 Å². The summed E-state index contributed by atoms with van der Waals surface area (Å²) in [4.78, 5) is 0.